The van der Waals surface area contributed by atoms with Gasteiger partial charge in [-0.2, -0.15) is 0 Å². The molecule has 8 unspecified atom stereocenters. The van der Waals surface area contributed by atoms with Crippen molar-refractivity contribution in [3.63, 3.8) is 0 Å². The van der Waals surface area contributed by atoms with Crippen molar-refractivity contribution in [1.82, 2.24) is 30.2 Å². The fraction of sp³-hybridized carbons (Fsp3) is 0.700. The molecule has 4 fully saturated rings. The maximum Gasteiger partial charge on any atom is 0.408 e. The molecule has 15 nitrogen and oxygen atoms in total. The lowest BCUT2D eigenvalue weighted by atomic mass is 9.85. The van der Waals surface area contributed by atoms with Crippen LogP contribution in [0.1, 0.15) is 105 Å². The summed E-state index contributed by atoms with van der Waals surface area (Å²) in [6.45, 7) is 9.26. The van der Waals surface area contributed by atoms with Crippen LogP contribution in [0.3, 0.4) is 0 Å². The molecule has 3 N–H and O–H groups in total. The average Bonchev–Trinajstić information content (AvgIpc) is 4.07. The van der Waals surface area contributed by atoms with Gasteiger partial charge < -0.3 is 29.7 Å². The molecule has 7 rings (SSSR count). The third-order valence-electron chi connectivity index (χ3n) is 12.3. The van der Waals surface area contributed by atoms with Gasteiger partial charge in [0.15, 0.2) is 0 Å². The van der Waals surface area contributed by atoms with Crippen LogP contribution in [0, 0.1) is 23.2 Å². The van der Waals surface area contributed by atoms with Crippen LogP contribution in [0.2, 0.25) is 0 Å². The maximum absolute atomic E-state index is 14.9. The molecule has 3 saturated carbocycles. The molecule has 3 aliphatic carbocycles. The van der Waals surface area contributed by atoms with E-state index >= 15 is 0 Å². The first-order valence-corrected chi connectivity index (χ1v) is 21.8. The topological polar surface area (TPSA) is 195 Å². The molecule has 2 aromatic rings. The first-order chi connectivity index (χ1) is 26.6. The number of carbonyl (C=O) groups excluding carboxylic acids is 4. The Labute approximate surface area is 328 Å². The van der Waals surface area contributed by atoms with Crippen LogP contribution in [0.25, 0.3) is 11.0 Å². The van der Waals surface area contributed by atoms with Gasteiger partial charge >= 0.3 is 6.09 Å². The van der Waals surface area contributed by atoms with Crippen LogP contribution in [-0.4, -0.2) is 95.8 Å². The highest BCUT2D eigenvalue weighted by Crippen LogP contribution is 2.47. The predicted octanol–water partition coefficient (Wildman–Crippen LogP) is 4.16. The Kier molecular flexibility index (Phi) is 10.9. The number of carbonyl (C=O) groups is 4. The number of sulfonamides is 1. The number of amides is 4. The molecule has 306 valence electrons. The lowest BCUT2D eigenvalue weighted by Gasteiger charge is -2.36. The van der Waals surface area contributed by atoms with Gasteiger partial charge in [-0.15, -0.1) is 0 Å². The smallest absolute Gasteiger partial charge is 0.408 e. The van der Waals surface area contributed by atoms with Crippen molar-refractivity contribution >= 4 is 44.9 Å². The van der Waals surface area contributed by atoms with Gasteiger partial charge in [0.2, 0.25) is 27.7 Å². The number of aryl methyl sites for hydroxylation is 1. The number of fused-ring (bicyclic) bond motifs is 5. The molecule has 2 bridgehead atoms. The minimum absolute atomic E-state index is 0.0207. The largest absolute Gasteiger partial charge is 0.497 e. The van der Waals surface area contributed by atoms with Crippen molar-refractivity contribution in [3.8, 4) is 11.6 Å². The van der Waals surface area contributed by atoms with E-state index in [9.17, 15) is 27.6 Å². The number of aromatic nitrogens is 2. The number of alkyl carbamates (subject to hydrolysis) is 1. The third kappa shape index (κ3) is 8.12. The van der Waals surface area contributed by atoms with E-state index in [2.05, 4.69) is 15.4 Å². The molecule has 4 amide bonds. The van der Waals surface area contributed by atoms with Gasteiger partial charge in [0.25, 0.3) is 5.91 Å². The molecule has 1 aromatic heterocycles. The summed E-state index contributed by atoms with van der Waals surface area (Å²) < 4.78 is 46.0. The van der Waals surface area contributed by atoms with Crippen molar-refractivity contribution in [2.75, 3.05) is 13.7 Å². The highest BCUT2D eigenvalue weighted by molar-refractivity contribution is 7.91. The minimum Gasteiger partial charge on any atom is -0.497 e. The molecular formula is C40H56N6O9S. The van der Waals surface area contributed by atoms with Gasteiger partial charge in [-0.25, -0.2) is 23.2 Å². The second-order valence-corrected chi connectivity index (χ2v) is 19.4. The molecule has 0 radical (unpaired) electrons. The fourth-order valence-electron chi connectivity index (χ4n) is 8.57. The summed E-state index contributed by atoms with van der Waals surface area (Å²) in [6, 6.07) is 3.27. The summed E-state index contributed by atoms with van der Waals surface area (Å²) in [5.41, 5.74) is -0.310. The molecule has 5 aliphatic rings. The SMILES string of the molecule is CCC1C2CN(C(=O)C(C(C)(C)C)NC(=O)OC3CC3CCCCCc3nc4ccc(OC)cc4nc3O2)C1C(=O)NC1(C(=O)NS(=O)(=O)C2CC2)CC1CC. The molecule has 1 aromatic carbocycles. The Hall–Kier alpha value is -4.21. The standard InChI is InChI=1S/C40H56N6O9S/c1-7-23-20-40(23,37(49)45-56(51,52)25-15-16-25)44-34(47)32-26(8-2)31-21-46(32)36(48)33(39(3,4)5)43-38(50)55-30-18-22(30)12-10-9-11-13-28-35(54-31)42-29-19-24(53-6)14-17-27(29)41-28/h14,17,19,22-23,25-26,30-33H,7-13,15-16,18,20-21H2,1-6H3,(H,43,50)(H,44,47)(H,45,49). The predicted molar refractivity (Wildman–Crippen MR) is 206 cm³/mol. The lowest BCUT2D eigenvalue weighted by Crippen LogP contribution is -2.61. The summed E-state index contributed by atoms with van der Waals surface area (Å²) in [6.07, 6.45) is 5.53. The van der Waals surface area contributed by atoms with E-state index in [0.29, 0.717) is 60.5 Å². The van der Waals surface area contributed by atoms with Crippen LogP contribution >= 0.6 is 0 Å². The number of nitrogens with one attached hydrogen (secondary N) is 3. The van der Waals surface area contributed by atoms with Crippen LogP contribution in [-0.2, 0) is 35.6 Å². The summed E-state index contributed by atoms with van der Waals surface area (Å²) in [5.74, 6) is -1.55. The van der Waals surface area contributed by atoms with Crippen LogP contribution in [0.4, 0.5) is 4.79 Å². The number of ether oxygens (including phenoxy) is 3. The van der Waals surface area contributed by atoms with E-state index < -0.39 is 74.1 Å². The molecular weight excluding hydrogens is 741 g/mol. The Morgan fingerprint density at radius 1 is 1.02 bits per heavy atom. The normalized spacial score (nSPS) is 31.0. The van der Waals surface area contributed by atoms with Gasteiger partial charge in [-0.05, 0) is 80.8 Å². The van der Waals surface area contributed by atoms with Gasteiger partial charge in [0.1, 0.15) is 41.3 Å². The van der Waals surface area contributed by atoms with Crippen LogP contribution in [0.15, 0.2) is 18.2 Å². The van der Waals surface area contributed by atoms with Gasteiger partial charge in [0, 0.05) is 12.0 Å². The average molecular weight is 797 g/mol. The van der Waals surface area contributed by atoms with E-state index in [1.807, 2.05) is 46.8 Å². The zero-order valence-electron chi connectivity index (χ0n) is 33.3. The Morgan fingerprint density at radius 2 is 1.79 bits per heavy atom. The van der Waals surface area contributed by atoms with Crippen molar-refractivity contribution in [2.24, 2.45) is 23.2 Å². The Morgan fingerprint density at radius 3 is 2.45 bits per heavy atom. The van der Waals surface area contributed by atoms with E-state index in [1.165, 1.54) is 4.90 Å². The van der Waals surface area contributed by atoms with Crippen molar-refractivity contribution in [1.29, 1.82) is 0 Å². The third-order valence-corrected chi connectivity index (χ3v) is 14.1. The van der Waals surface area contributed by atoms with Crippen molar-refractivity contribution < 1.29 is 41.8 Å². The molecule has 2 aliphatic heterocycles. The van der Waals surface area contributed by atoms with E-state index in [4.69, 9.17) is 24.2 Å². The number of rotatable bonds is 8. The number of hydrogen-bond donors (Lipinski definition) is 3. The molecule has 56 heavy (non-hydrogen) atoms. The maximum atomic E-state index is 14.9. The summed E-state index contributed by atoms with van der Waals surface area (Å²) in [7, 11) is -2.30. The Balaban J connectivity index is 1.26. The quantitative estimate of drug-likeness (QED) is 0.347. The van der Waals surface area contributed by atoms with E-state index in [-0.39, 0.29) is 30.9 Å². The van der Waals surface area contributed by atoms with Crippen LogP contribution < -0.4 is 24.8 Å². The molecule has 8 atom stereocenters. The minimum atomic E-state index is -3.88. The fourth-order valence-corrected chi connectivity index (χ4v) is 9.93. The first-order valence-electron chi connectivity index (χ1n) is 20.3. The Bertz CT molecular complexity index is 1980. The molecule has 0 spiro atoms. The zero-order valence-corrected chi connectivity index (χ0v) is 34.1. The van der Waals surface area contributed by atoms with E-state index in [1.54, 1.807) is 13.2 Å². The van der Waals surface area contributed by atoms with Gasteiger partial charge in [-0.3, -0.25) is 19.1 Å². The van der Waals surface area contributed by atoms with E-state index in [0.717, 1.165) is 32.1 Å². The molecule has 1 saturated heterocycles. The summed E-state index contributed by atoms with van der Waals surface area (Å²) in [5, 5.41) is 5.16. The van der Waals surface area contributed by atoms with Crippen molar-refractivity contribution in [2.45, 2.75) is 140 Å². The van der Waals surface area contributed by atoms with Gasteiger partial charge in [0.05, 0.1) is 29.9 Å². The monoisotopic (exact) mass is 796 g/mol. The number of benzene rings is 1. The second-order valence-electron chi connectivity index (χ2n) is 17.4. The molecule has 16 heteroatoms. The van der Waals surface area contributed by atoms with Crippen LogP contribution in [0.5, 0.6) is 11.6 Å². The van der Waals surface area contributed by atoms with Crippen molar-refractivity contribution in [3.05, 3.63) is 23.9 Å². The number of nitrogens with zero attached hydrogens (tertiary/aromatic N) is 3. The summed E-state index contributed by atoms with van der Waals surface area (Å²) in [4.78, 5) is 68.0. The molecule has 3 heterocycles. The highest BCUT2D eigenvalue weighted by atomic mass is 32.2. The first kappa shape index (κ1) is 40.0. The highest BCUT2D eigenvalue weighted by Gasteiger charge is 2.63. The zero-order chi connectivity index (χ0) is 40.2. The second kappa shape index (κ2) is 15.3. The lowest BCUT2D eigenvalue weighted by molar-refractivity contribution is -0.143. The summed E-state index contributed by atoms with van der Waals surface area (Å²) >= 11 is 0. The number of hydrogen-bond acceptors (Lipinski definition) is 11. The van der Waals surface area contributed by atoms with Gasteiger partial charge in [-0.1, -0.05) is 53.9 Å². The number of methoxy groups -OCH3 is 1.